The number of benzene rings is 2. The van der Waals surface area contributed by atoms with Gasteiger partial charge < -0.3 is 18.0 Å². The van der Waals surface area contributed by atoms with Crippen LogP contribution in [-0.4, -0.2) is 36.2 Å². The van der Waals surface area contributed by atoms with Crippen molar-refractivity contribution in [3.05, 3.63) is 58.7 Å². The third-order valence-electron chi connectivity index (χ3n) is 7.92. The summed E-state index contributed by atoms with van der Waals surface area (Å²) >= 11 is 0. The van der Waals surface area contributed by atoms with E-state index in [1.165, 1.54) is 33.6 Å². The van der Waals surface area contributed by atoms with Crippen LogP contribution in [0.2, 0.25) is 0 Å². The lowest BCUT2D eigenvalue weighted by Crippen LogP contribution is -2.73. The van der Waals surface area contributed by atoms with E-state index < -0.39 is 8.88 Å². The Bertz CT molecular complexity index is 885. The van der Waals surface area contributed by atoms with Crippen molar-refractivity contribution in [2.45, 2.75) is 53.4 Å². The van der Waals surface area contributed by atoms with Crippen molar-refractivity contribution in [2.24, 2.45) is 11.8 Å². The van der Waals surface area contributed by atoms with Gasteiger partial charge in [-0.15, -0.1) is 0 Å². The van der Waals surface area contributed by atoms with E-state index in [1.807, 2.05) is 14.2 Å². The number of para-hydroxylation sites is 2. The molecule has 0 aromatic heterocycles. The molecule has 0 saturated carbocycles. The maximum absolute atomic E-state index is 6.53. The van der Waals surface area contributed by atoms with Gasteiger partial charge >= 0.3 is 8.88 Å². The standard InChI is InChI=1S/C26H38N2O2Si/c1-17-11-9-13-23-21(5)19(3)15-27(25(17)23)31(29-7,30-8)28-16-20(4)22(6)24-14-10-12-18(2)26(24)28/h9-14,19-22H,15-16H2,1-8H3. The summed E-state index contributed by atoms with van der Waals surface area (Å²) in [6.07, 6.45) is 0. The highest BCUT2D eigenvalue weighted by Crippen LogP contribution is 2.47. The molecule has 2 aliphatic heterocycles. The molecular weight excluding hydrogens is 400 g/mol. The van der Waals surface area contributed by atoms with E-state index in [-0.39, 0.29) is 0 Å². The molecule has 4 atom stereocenters. The fraction of sp³-hybridized carbons (Fsp3) is 0.538. The summed E-state index contributed by atoms with van der Waals surface area (Å²) in [4.78, 5) is 0. The van der Waals surface area contributed by atoms with Gasteiger partial charge in [0.25, 0.3) is 0 Å². The van der Waals surface area contributed by atoms with E-state index in [0.717, 1.165) is 13.1 Å². The van der Waals surface area contributed by atoms with Crippen molar-refractivity contribution in [1.29, 1.82) is 0 Å². The third kappa shape index (κ3) is 3.33. The second kappa shape index (κ2) is 8.27. The number of hydrogen-bond donors (Lipinski definition) is 0. The summed E-state index contributed by atoms with van der Waals surface area (Å²) in [7, 11) is 0.705. The molecule has 0 radical (unpaired) electrons. The Labute approximate surface area is 189 Å². The number of hydrogen-bond acceptors (Lipinski definition) is 4. The minimum absolute atomic E-state index is 0.515. The van der Waals surface area contributed by atoms with Crippen LogP contribution in [0.15, 0.2) is 36.4 Å². The van der Waals surface area contributed by atoms with Gasteiger partial charge in [0.05, 0.1) is 0 Å². The second-order valence-electron chi connectivity index (χ2n) is 9.74. The quantitative estimate of drug-likeness (QED) is 0.559. The predicted octanol–water partition coefficient (Wildman–Crippen LogP) is 5.85. The predicted molar refractivity (Wildman–Crippen MR) is 132 cm³/mol. The van der Waals surface area contributed by atoms with Crippen LogP contribution in [0, 0.1) is 25.7 Å². The van der Waals surface area contributed by atoms with Gasteiger partial charge in [-0.25, -0.2) is 0 Å². The number of nitrogens with zero attached hydrogens (tertiary/aromatic N) is 2. The van der Waals surface area contributed by atoms with Gasteiger partial charge in [-0.2, -0.15) is 0 Å². The summed E-state index contributed by atoms with van der Waals surface area (Å²) in [5, 5.41) is 0. The fourth-order valence-electron chi connectivity index (χ4n) is 5.71. The minimum Gasteiger partial charge on any atom is -0.365 e. The Morgan fingerprint density at radius 2 is 1.10 bits per heavy atom. The van der Waals surface area contributed by atoms with Crippen molar-refractivity contribution >= 4 is 20.3 Å². The second-order valence-corrected chi connectivity index (χ2v) is 12.7. The first-order valence-electron chi connectivity index (χ1n) is 11.6. The molecule has 2 heterocycles. The van der Waals surface area contributed by atoms with E-state index in [0.29, 0.717) is 23.7 Å². The summed E-state index contributed by atoms with van der Waals surface area (Å²) in [5.74, 6) is 2.06. The average Bonchev–Trinajstić information content (AvgIpc) is 2.76. The van der Waals surface area contributed by atoms with Crippen molar-refractivity contribution in [3.63, 3.8) is 0 Å². The van der Waals surface area contributed by atoms with Gasteiger partial charge in [0, 0.05) is 38.7 Å². The van der Waals surface area contributed by atoms with Crippen LogP contribution >= 0.6 is 0 Å². The molecule has 31 heavy (non-hydrogen) atoms. The average molecular weight is 439 g/mol. The molecule has 2 aliphatic rings. The highest BCUT2D eigenvalue weighted by atomic mass is 28.4. The number of rotatable bonds is 4. The van der Waals surface area contributed by atoms with Crippen molar-refractivity contribution in [3.8, 4) is 0 Å². The van der Waals surface area contributed by atoms with Crippen molar-refractivity contribution in [2.75, 3.05) is 36.4 Å². The summed E-state index contributed by atoms with van der Waals surface area (Å²) in [5.41, 5.74) is 8.03. The molecular formula is C26H38N2O2Si. The molecule has 0 spiro atoms. The fourth-order valence-corrected chi connectivity index (χ4v) is 9.26. The summed E-state index contributed by atoms with van der Waals surface area (Å²) in [6, 6.07) is 13.4. The number of fused-ring (bicyclic) bond motifs is 2. The Kier molecular flexibility index (Phi) is 5.97. The van der Waals surface area contributed by atoms with Crippen LogP contribution in [0.4, 0.5) is 11.4 Å². The van der Waals surface area contributed by atoms with Gasteiger partial charge in [0.15, 0.2) is 0 Å². The third-order valence-corrected chi connectivity index (χ3v) is 11.2. The maximum Gasteiger partial charge on any atom is 0.588 e. The van der Waals surface area contributed by atoms with Gasteiger partial charge in [0.2, 0.25) is 0 Å². The lowest BCUT2D eigenvalue weighted by Gasteiger charge is -2.53. The molecule has 4 rings (SSSR count). The smallest absolute Gasteiger partial charge is 0.365 e. The molecule has 2 aromatic rings. The van der Waals surface area contributed by atoms with Gasteiger partial charge in [-0.1, -0.05) is 64.1 Å². The zero-order chi connectivity index (χ0) is 22.5. The normalized spacial score (nSPS) is 25.9. The molecule has 168 valence electrons. The Balaban J connectivity index is 1.95. The largest absolute Gasteiger partial charge is 0.588 e. The van der Waals surface area contributed by atoms with Crippen LogP contribution in [-0.2, 0) is 8.85 Å². The first kappa shape index (κ1) is 22.4. The first-order chi connectivity index (χ1) is 14.8. The number of aryl methyl sites for hydroxylation is 2. The van der Waals surface area contributed by atoms with Crippen LogP contribution in [0.5, 0.6) is 0 Å². The van der Waals surface area contributed by atoms with Crippen LogP contribution in [0.25, 0.3) is 0 Å². The summed E-state index contributed by atoms with van der Waals surface area (Å²) in [6.45, 7) is 15.7. The topological polar surface area (TPSA) is 24.9 Å². The molecule has 0 saturated heterocycles. The Morgan fingerprint density at radius 3 is 1.45 bits per heavy atom. The molecule has 0 amide bonds. The maximum atomic E-state index is 6.53. The van der Waals surface area contributed by atoms with Crippen LogP contribution in [0.1, 0.15) is 61.8 Å². The summed E-state index contributed by atoms with van der Waals surface area (Å²) < 4.78 is 18.1. The van der Waals surface area contributed by atoms with Gasteiger partial charge in [-0.3, -0.25) is 0 Å². The highest BCUT2D eigenvalue weighted by Gasteiger charge is 2.57. The van der Waals surface area contributed by atoms with Crippen molar-refractivity contribution < 1.29 is 8.85 Å². The Morgan fingerprint density at radius 1 is 0.710 bits per heavy atom. The highest BCUT2D eigenvalue weighted by molar-refractivity contribution is 6.75. The molecule has 0 bridgehead atoms. The van der Waals surface area contributed by atoms with E-state index >= 15 is 0 Å². The van der Waals surface area contributed by atoms with E-state index in [1.54, 1.807) is 0 Å². The minimum atomic E-state index is -2.98. The molecule has 5 heteroatoms. The van der Waals surface area contributed by atoms with E-state index in [2.05, 4.69) is 87.1 Å². The SMILES string of the molecule is CO[Si](OC)(N1CC(C)C(C)c2cccc(C)c21)N1CC(C)C(C)c2cccc(C)c21. The van der Waals surface area contributed by atoms with Crippen LogP contribution in [0.3, 0.4) is 0 Å². The zero-order valence-electron chi connectivity index (χ0n) is 20.4. The van der Waals surface area contributed by atoms with Crippen LogP contribution < -0.4 is 9.13 Å². The van der Waals surface area contributed by atoms with Gasteiger partial charge in [0.1, 0.15) is 0 Å². The number of anilines is 2. The molecule has 4 unspecified atom stereocenters. The molecule has 2 aromatic carbocycles. The lowest BCUT2D eigenvalue weighted by atomic mass is 9.83. The monoisotopic (exact) mass is 438 g/mol. The Hall–Kier alpha value is -1.82. The van der Waals surface area contributed by atoms with E-state index in [4.69, 9.17) is 8.85 Å². The molecule has 0 aliphatic carbocycles. The zero-order valence-corrected chi connectivity index (χ0v) is 21.4. The molecule has 0 N–H and O–H groups in total. The molecule has 4 nitrogen and oxygen atoms in total. The first-order valence-corrected chi connectivity index (χ1v) is 13.3. The molecule has 0 fully saturated rings. The van der Waals surface area contributed by atoms with E-state index in [9.17, 15) is 0 Å². The lowest BCUT2D eigenvalue weighted by molar-refractivity contribution is 0.225. The van der Waals surface area contributed by atoms with Gasteiger partial charge in [-0.05, 0) is 59.8 Å². The van der Waals surface area contributed by atoms with Crippen molar-refractivity contribution in [1.82, 2.24) is 0 Å².